The van der Waals surface area contributed by atoms with Crippen LogP contribution in [0.25, 0.3) is 0 Å². The summed E-state index contributed by atoms with van der Waals surface area (Å²) in [7, 11) is 2.96. The number of aliphatic carboxylic acids is 1. The topological polar surface area (TPSA) is 66.8 Å². The van der Waals surface area contributed by atoms with E-state index in [0.717, 1.165) is 5.06 Å². The molecule has 0 spiro atoms. The maximum Gasteiger partial charge on any atom is 0.306 e. The molecule has 0 aliphatic heterocycles. The second kappa shape index (κ2) is 4.41. The second-order valence-corrected chi connectivity index (χ2v) is 3.56. The van der Waals surface area contributed by atoms with E-state index >= 15 is 0 Å². The van der Waals surface area contributed by atoms with Crippen LogP contribution in [0.1, 0.15) is 19.3 Å². The molecule has 0 heterocycles. The average molecular weight is 201 g/mol. The summed E-state index contributed by atoms with van der Waals surface area (Å²) in [5.74, 6) is -1.49. The van der Waals surface area contributed by atoms with E-state index in [1.807, 2.05) is 0 Å². The van der Waals surface area contributed by atoms with Crippen molar-refractivity contribution in [1.82, 2.24) is 5.06 Å². The number of amides is 1. The molecule has 5 nitrogen and oxygen atoms in total. The molecule has 1 fully saturated rings. The first-order valence-corrected chi connectivity index (χ1v) is 4.60. The first-order valence-electron chi connectivity index (χ1n) is 4.60. The summed E-state index contributed by atoms with van der Waals surface area (Å²) in [5.41, 5.74) is 0. The summed E-state index contributed by atoms with van der Waals surface area (Å²) in [6.45, 7) is 0. The lowest BCUT2D eigenvalue weighted by Gasteiger charge is -2.17. The van der Waals surface area contributed by atoms with Gasteiger partial charge in [0.15, 0.2) is 0 Å². The SMILES string of the molecule is CON(C)C(=O)[C@@H]1CC[C@H](C(=O)O)C1. The number of carboxylic acid groups (broad SMARTS) is 1. The lowest BCUT2D eigenvalue weighted by molar-refractivity contribution is -0.173. The molecule has 0 aromatic rings. The largest absolute Gasteiger partial charge is 0.481 e. The summed E-state index contributed by atoms with van der Waals surface area (Å²) in [5, 5.41) is 9.91. The summed E-state index contributed by atoms with van der Waals surface area (Å²) < 4.78 is 0. The Bertz CT molecular complexity index is 241. The predicted molar refractivity (Wildman–Crippen MR) is 48.2 cm³/mol. The highest BCUT2D eigenvalue weighted by atomic mass is 16.7. The van der Waals surface area contributed by atoms with E-state index in [9.17, 15) is 9.59 Å². The van der Waals surface area contributed by atoms with Crippen molar-refractivity contribution < 1.29 is 19.5 Å². The van der Waals surface area contributed by atoms with Gasteiger partial charge in [0.05, 0.1) is 13.0 Å². The van der Waals surface area contributed by atoms with Crippen LogP contribution in [0, 0.1) is 11.8 Å². The van der Waals surface area contributed by atoms with Crippen molar-refractivity contribution in [2.24, 2.45) is 11.8 Å². The third-order valence-electron chi connectivity index (χ3n) is 2.72. The molecule has 1 aliphatic carbocycles. The lowest BCUT2D eigenvalue weighted by Crippen LogP contribution is -2.31. The molecule has 0 bridgehead atoms. The average Bonchev–Trinajstić information content (AvgIpc) is 2.64. The van der Waals surface area contributed by atoms with Crippen molar-refractivity contribution in [2.75, 3.05) is 14.2 Å². The van der Waals surface area contributed by atoms with E-state index < -0.39 is 5.97 Å². The smallest absolute Gasteiger partial charge is 0.306 e. The molecule has 1 amide bonds. The summed E-state index contributed by atoms with van der Waals surface area (Å²) in [6.07, 6.45) is 1.66. The van der Waals surface area contributed by atoms with Gasteiger partial charge in [-0.25, -0.2) is 5.06 Å². The highest BCUT2D eigenvalue weighted by molar-refractivity contribution is 5.79. The van der Waals surface area contributed by atoms with Gasteiger partial charge in [-0.3, -0.25) is 14.4 Å². The molecule has 5 heteroatoms. The summed E-state index contributed by atoms with van der Waals surface area (Å²) in [6, 6.07) is 0. The minimum absolute atomic E-state index is 0.128. The molecular formula is C9H15NO4. The molecule has 80 valence electrons. The van der Waals surface area contributed by atoms with Gasteiger partial charge in [0, 0.05) is 13.0 Å². The maximum atomic E-state index is 11.6. The predicted octanol–water partition coefficient (Wildman–Crippen LogP) is 0.507. The van der Waals surface area contributed by atoms with Crippen molar-refractivity contribution in [3.8, 4) is 0 Å². The Morgan fingerprint density at radius 1 is 1.36 bits per heavy atom. The number of carbonyl (C=O) groups is 2. The van der Waals surface area contributed by atoms with E-state index in [0.29, 0.717) is 19.3 Å². The zero-order valence-electron chi connectivity index (χ0n) is 8.40. The fourth-order valence-electron chi connectivity index (χ4n) is 1.78. The molecular weight excluding hydrogens is 186 g/mol. The van der Waals surface area contributed by atoms with Crippen molar-refractivity contribution in [2.45, 2.75) is 19.3 Å². The monoisotopic (exact) mass is 201 g/mol. The summed E-state index contributed by atoms with van der Waals surface area (Å²) >= 11 is 0. The van der Waals surface area contributed by atoms with Crippen LogP contribution in [0.4, 0.5) is 0 Å². The third-order valence-corrected chi connectivity index (χ3v) is 2.72. The minimum atomic E-state index is -0.805. The zero-order chi connectivity index (χ0) is 10.7. The number of rotatable bonds is 3. The van der Waals surface area contributed by atoms with Crippen LogP contribution < -0.4 is 0 Å². The number of hydrogen-bond acceptors (Lipinski definition) is 3. The zero-order valence-corrected chi connectivity index (χ0v) is 8.40. The standard InChI is InChI=1S/C9H15NO4/c1-10(14-2)8(11)6-3-4-7(5-6)9(12)13/h6-7H,3-5H2,1-2H3,(H,12,13)/t6-,7+/m1/s1. The van der Waals surface area contributed by atoms with Crippen molar-refractivity contribution in [3.05, 3.63) is 0 Å². The van der Waals surface area contributed by atoms with E-state index in [1.165, 1.54) is 14.2 Å². The van der Waals surface area contributed by atoms with E-state index in [1.54, 1.807) is 0 Å². The number of hydroxylamine groups is 2. The van der Waals surface area contributed by atoms with Gasteiger partial charge in [-0.1, -0.05) is 0 Å². The van der Waals surface area contributed by atoms with E-state index in [-0.39, 0.29) is 17.7 Å². The van der Waals surface area contributed by atoms with Crippen LogP contribution in [0.5, 0.6) is 0 Å². The Balaban J connectivity index is 2.49. The first kappa shape index (κ1) is 11.0. The first-order chi connectivity index (χ1) is 6.56. The molecule has 1 aliphatic rings. The van der Waals surface area contributed by atoms with Gasteiger partial charge in [0.25, 0.3) is 0 Å². The molecule has 0 aromatic carbocycles. The highest BCUT2D eigenvalue weighted by Crippen LogP contribution is 2.32. The number of nitrogens with zero attached hydrogens (tertiary/aromatic N) is 1. The Morgan fingerprint density at radius 2 is 1.93 bits per heavy atom. The van der Waals surface area contributed by atoms with Crippen LogP contribution in [0.15, 0.2) is 0 Å². The Hall–Kier alpha value is -1.10. The van der Waals surface area contributed by atoms with Crippen LogP contribution in [-0.4, -0.2) is 36.2 Å². The van der Waals surface area contributed by atoms with Gasteiger partial charge >= 0.3 is 5.97 Å². The molecule has 0 radical (unpaired) electrons. The Labute approximate surface area is 82.6 Å². The number of carboxylic acids is 1. The van der Waals surface area contributed by atoms with Crippen molar-refractivity contribution in [1.29, 1.82) is 0 Å². The fraction of sp³-hybridized carbons (Fsp3) is 0.778. The molecule has 0 aromatic heterocycles. The normalized spacial score (nSPS) is 26.1. The van der Waals surface area contributed by atoms with Gasteiger partial charge in [0.2, 0.25) is 5.91 Å². The molecule has 2 atom stereocenters. The third kappa shape index (κ3) is 2.23. The highest BCUT2D eigenvalue weighted by Gasteiger charge is 2.35. The summed E-state index contributed by atoms with van der Waals surface area (Å²) in [4.78, 5) is 27.0. The van der Waals surface area contributed by atoms with Gasteiger partial charge < -0.3 is 5.11 Å². The number of hydrogen-bond donors (Lipinski definition) is 1. The van der Waals surface area contributed by atoms with Crippen LogP contribution in [0.3, 0.4) is 0 Å². The fourth-order valence-corrected chi connectivity index (χ4v) is 1.78. The Kier molecular flexibility index (Phi) is 3.46. The van der Waals surface area contributed by atoms with Gasteiger partial charge in [0.1, 0.15) is 0 Å². The van der Waals surface area contributed by atoms with E-state index in [2.05, 4.69) is 0 Å². The molecule has 0 saturated heterocycles. The molecule has 1 saturated carbocycles. The van der Waals surface area contributed by atoms with Crippen LogP contribution in [-0.2, 0) is 14.4 Å². The molecule has 0 unspecified atom stereocenters. The minimum Gasteiger partial charge on any atom is -0.481 e. The molecule has 14 heavy (non-hydrogen) atoms. The molecule has 1 rings (SSSR count). The molecule has 1 N–H and O–H groups in total. The Morgan fingerprint density at radius 3 is 2.36 bits per heavy atom. The lowest BCUT2D eigenvalue weighted by atomic mass is 10.0. The quantitative estimate of drug-likeness (QED) is 0.675. The van der Waals surface area contributed by atoms with Gasteiger partial charge in [-0.2, -0.15) is 0 Å². The van der Waals surface area contributed by atoms with Gasteiger partial charge in [-0.15, -0.1) is 0 Å². The van der Waals surface area contributed by atoms with Gasteiger partial charge in [-0.05, 0) is 19.3 Å². The van der Waals surface area contributed by atoms with Crippen LogP contribution >= 0.6 is 0 Å². The van der Waals surface area contributed by atoms with Crippen LogP contribution in [0.2, 0.25) is 0 Å². The number of carbonyl (C=O) groups excluding carboxylic acids is 1. The second-order valence-electron chi connectivity index (χ2n) is 3.56. The van der Waals surface area contributed by atoms with Crippen molar-refractivity contribution in [3.63, 3.8) is 0 Å². The van der Waals surface area contributed by atoms with Crippen molar-refractivity contribution >= 4 is 11.9 Å². The van der Waals surface area contributed by atoms with E-state index in [4.69, 9.17) is 9.94 Å². The maximum absolute atomic E-state index is 11.6.